The number of rotatable bonds is 3. The third-order valence-electron chi connectivity index (χ3n) is 4.80. The van der Waals surface area contributed by atoms with Gasteiger partial charge in [0.1, 0.15) is 0 Å². The summed E-state index contributed by atoms with van der Waals surface area (Å²) in [4.78, 5) is 0. The summed E-state index contributed by atoms with van der Waals surface area (Å²) in [6.45, 7) is 8.64. The molecule has 2 nitrogen and oxygen atoms in total. The Kier molecular flexibility index (Phi) is 3.64. The normalized spacial score (nSPS) is 25.9. The highest BCUT2D eigenvalue weighted by Crippen LogP contribution is 2.41. The molecule has 2 aliphatic heterocycles. The molecule has 2 heteroatoms. The van der Waals surface area contributed by atoms with Gasteiger partial charge >= 0.3 is 0 Å². The van der Waals surface area contributed by atoms with Crippen molar-refractivity contribution in [1.29, 1.82) is 0 Å². The van der Waals surface area contributed by atoms with Crippen molar-refractivity contribution < 1.29 is 4.74 Å². The van der Waals surface area contributed by atoms with Gasteiger partial charge in [0.25, 0.3) is 0 Å². The maximum Gasteiger partial charge on any atom is 0.0585 e. The van der Waals surface area contributed by atoms with Crippen LogP contribution in [-0.4, -0.2) is 26.3 Å². The van der Waals surface area contributed by atoms with Crippen LogP contribution in [0.2, 0.25) is 0 Å². The van der Waals surface area contributed by atoms with E-state index in [0.717, 1.165) is 19.1 Å². The number of aryl methyl sites for hydroxylation is 2. The zero-order valence-electron chi connectivity index (χ0n) is 12.2. The summed E-state index contributed by atoms with van der Waals surface area (Å²) < 4.78 is 5.61. The highest BCUT2D eigenvalue weighted by atomic mass is 16.5. The van der Waals surface area contributed by atoms with Crippen molar-refractivity contribution in [1.82, 2.24) is 5.32 Å². The van der Waals surface area contributed by atoms with Gasteiger partial charge in [-0.05, 0) is 63.2 Å². The van der Waals surface area contributed by atoms with Crippen LogP contribution in [-0.2, 0) is 10.2 Å². The predicted octanol–water partition coefficient (Wildman–Crippen LogP) is 2.96. The lowest BCUT2D eigenvalue weighted by atomic mass is 9.69. The Bertz CT molecular complexity index is 445. The zero-order valence-corrected chi connectivity index (χ0v) is 12.2. The molecule has 1 atom stereocenters. The van der Waals surface area contributed by atoms with Gasteiger partial charge in [0.2, 0.25) is 0 Å². The molecule has 0 saturated carbocycles. The smallest absolute Gasteiger partial charge is 0.0585 e. The molecule has 2 aliphatic rings. The first-order valence-corrected chi connectivity index (χ1v) is 7.56. The van der Waals surface area contributed by atoms with E-state index >= 15 is 0 Å². The summed E-state index contributed by atoms with van der Waals surface area (Å²) in [5, 5.41) is 3.54. The van der Waals surface area contributed by atoms with E-state index in [2.05, 4.69) is 37.4 Å². The fraction of sp³-hybridized carbons (Fsp3) is 0.647. The Morgan fingerprint density at radius 2 is 2.16 bits per heavy atom. The molecular weight excluding hydrogens is 234 g/mol. The summed E-state index contributed by atoms with van der Waals surface area (Å²) in [7, 11) is 0. The minimum atomic E-state index is 0.291. The Morgan fingerprint density at radius 3 is 2.79 bits per heavy atom. The number of nitrogens with one attached hydrogen (secondary N) is 1. The van der Waals surface area contributed by atoms with Crippen LogP contribution in [0, 0.1) is 19.8 Å². The van der Waals surface area contributed by atoms with Crippen molar-refractivity contribution in [3.63, 3.8) is 0 Å². The molecule has 2 saturated heterocycles. The Balaban J connectivity index is 1.83. The minimum Gasteiger partial charge on any atom is -0.379 e. The van der Waals surface area contributed by atoms with E-state index < -0.39 is 0 Å². The zero-order chi connectivity index (χ0) is 13.3. The minimum absolute atomic E-state index is 0.291. The Morgan fingerprint density at radius 1 is 1.32 bits per heavy atom. The van der Waals surface area contributed by atoms with Crippen LogP contribution < -0.4 is 5.32 Å². The van der Waals surface area contributed by atoms with Crippen molar-refractivity contribution in [2.75, 3.05) is 26.3 Å². The van der Waals surface area contributed by atoms with E-state index in [-0.39, 0.29) is 0 Å². The van der Waals surface area contributed by atoms with Gasteiger partial charge in [0.05, 0.1) is 13.2 Å². The molecular formula is C17H25NO. The van der Waals surface area contributed by atoms with E-state index in [9.17, 15) is 0 Å². The second kappa shape index (κ2) is 5.26. The summed E-state index contributed by atoms with van der Waals surface area (Å²) in [6.07, 6.45) is 3.98. The van der Waals surface area contributed by atoms with Crippen molar-refractivity contribution in [2.45, 2.75) is 38.5 Å². The Labute approximate surface area is 116 Å². The highest BCUT2D eigenvalue weighted by Gasteiger charge is 2.42. The van der Waals surface area contributed by atoms with Gasteiger partial charge in [0, 0.05) is 5.41 Å². The lowest BCUT2D eigenvalue weighted by Gasteiger charge is -2.45. The SMILES string of the molecule is Cc1ccc(C)c(C2(CC3CCCNC3)COC2)c1. The van der Waals surface area contributed by atoms with Crippen LogP contribution in [0.1, 0.15) is 36.0 Å². The number of benzene rings is 1. The third kappa shape index (κ3) is 2.56. The fourth-order valence-electron chi connectivity index (χ4n) is 3.69. The van der Waals surface area contributed by atoms with Crippen LogP contribution in [0.15, 0.2) is 18.2 Å². The third-order valence-corrected chi connectivity index (χ3v) is 4.80. The Hall–Kier alpha value is -0.860. The molecule has 2 fully saturated rings. The first-order chi connectivity index (χ1) is 9.20. The van der Waals surface area contributed by atoms with Crippen molar-refractivity contribution in [3.05, 3.63) is 34.9 Å². The topological polar surface area (TPSA) is 21.3 Å². The molecule has 0 bridgehead atoms. The molecule has 0 aromatic heterocycles. The van der Waals surface area contributed by atoms with E-state index in [1.165, 1.54) is 49.0 Å². The molecule has 1 aromatic rings. The fourth-order valence-corrected chi connectivity index (χ4v) is 3.69. The van der Waals surface area contributed by atoms with Gasteiger partial charge in [-0.1, -0.05) is 23.8 Å². The van der Waals surface area contributed by atoms with Gasteiger partial charge in [-0.3, -0.25) is 0 Å². The van der Waals surface area contributed by atoms with Crippen LogP contribution in [0.3, 0.4) is 0 Å². The van der Waals surface area contributed by atoms with Gasteiger partial charge in [-0.2, -0.15) is 0 Å². The molecule has 0 amide bonds. The predicted molar refractivity (Wildman–Crippen MR) is 78.6 cm³/mol. The summed E-state index contributed by atoms with van der Waals surface area (Å²) >= 11 is 0. The summed E-state index contributed by atoms with van der Waals surface area (Å²) in [5.41, 5.74) is 4.62. The van der Waals surface area contributed by atoms with Crippen LogP contribution >= 0.6 is 0 Å². The number of hydrogen-bond donors (Lipinski definition) is 1. The summed E-state index contributed by atoms with van der Waals surface area (Å²) in [5.74, 6) is 0.817. The van der Waals surface area contributed by atoms with Gasteiger partial charge in [0.15, 0.2) is 0 Å². The largest absolute Gasteiger partial charge is 0.379 e. The average Bonchev–Trinajstić information content (AvgIpc) is 2.38. The number of hydrogen-bond acceptors (Lipinski definition) is 2. The van der Waals surface area contributed by atoms with E-state index in [1.807, 2.05) is 0 Å². The molecule has 0 spiro atoms. The van der Waals surface area contributed by atoms with E-state index in [0.29, 0.717) is 5.41 Å². The second-order valence-electron chi connectivity index (χ2n) is 6.51. The number of ether oxygens (including phenoxy) is 1. The molecule has 1 N–H and O–H groups in total. The van der Waals surface area contributed by atoms with Crippen LogP contribution in [0.4, 0.5) is 0 Å². The quantitative estimate of drug-likeness (QED) is 0.901. The lowest BCUT2D eigenvalue weighted by molar-refractivity contribution is -0.0730. The van der Waals surface area contributed by atoms with Crippen molar-refractivity contribution >= 4 is 0 Å². The summed E-state index contributed by atoms with van der Waals surface area (Å²) in [6, 6.07) is 6.87. The molecule has 104 valence electrons. The van der Waals surface area contributed by atoms with Gasteiger partial charge < -0.3 is 10.1 Å². The standard InChI is InChI=1S/C17H25NO/c1-13-5-6-14(2)16(8-13)17(11-19-12-17)9-15-4-3-7-18-10-15/h5-6,8,15,18H,3-4,7,9-12H2,1-2H3. The maximum absolute atomic E-state index is 5.61. The van der Waals surface area contributed by atoms with E-state index in [4.69, 9.17) is 4.74 Å². The molecule has 0 aliphatic carbocycles. The molecule has 3 rings (SSSR count). The van der Waals surface area contributed by atoms with Gasteiger partial charge in [-0.15, -0.1) is 0 Å². The first kappa shape index (κ1) is 13.1. The highest BCUT2D eigenvalue weighted by molar-refractivity contribution is 5.38. The van der Waals surface area contributed by atoms with E-state index in [1.54, 1.807) is 0 Å². The van der Waals surface area contributed by atoms with Crippen LogP contribution in [0.25, 0.3) is 0 Å². The molecule has 0 radical (unpaired) electrons. The first-order valence-electron chi connectivity index (χ1n) is 7.56. The van der Waals surface area contributed by atoms with Crippen molar-refractivity contribution in [2.24, 2.45) is 5.92 Å². The monoisotopic (exact) mass is 259 g/mol. The van der Waals surface area contributed by atoms with Crippen LogP contribution in [0.5, 0.6) is 0 Å². The number of piperidine rings is 1. The van der Waals surface area contributed by atoms with Crippen molar-refractivity contribution in [3.8, 4) is 0 Å². The molecule has 2 heterocycles. The molecule has 19 heavy (non-hydrogen) atoms. The second-order valence-corrected chi connectivity index (χ2v) is 6.51. The average molecular weight is 259 g/mol. The maximum atomic E-state index is 5.61. The molecule has 1 unspecified atom stereocenters. The van der Waals surface area contributed by atoms with Gasteiger partial charge in [-0.25, -0.2) is 0 Å². The molecule has 1 aromatic carbocycles. The lowest BCUT2D eigenvalue weighted by Crippen LogP contribution is -2.50.